The summed E-state index contributed by atoms with van der Waals surface area (Å²) < 4.78 is 28.6. The molecule has 2 aliphatic heterocycles. The van der Waals surface area contributed by atoms with Gasteiger partial charge in [-0.05, 0) is 55.5 Å². The number of likely N-dealkylation sites (tertiary alicyclic amines) is 1. The lowest BCUT2D eigenvalue weighted by Gasteiger charge is -2.37. The van der Waals surface area contributed by atoms with E-state index in [1.54, 1.807) is 24.3 Å². The van der Waals surface area contributed by atoms with Gasteiger partial charge in [-0.2, -0.15) is 4.39 Å². The maximum atomic E-state index is 14.5. The fraction of sp³-hybridized carbons (Fsp3) is 0.400. The highest BCUT2D eigenvalue weighted by Gasteiger charge is 2.32. The van der Waals surface area contributed by atoms with Gasteiger partial charge in [-0.3, -0.25) is 14.5 Å². The summed E-state index contributed by atoms with van der Waals surface area (Å²) in [5.41, 5.74) is 0.963. The first kappa shape index (κ1) is 22.5. The maximum absolute atomic E-state index is 14.5. The van der Waals surface area contributed by atoms with Crippen molar-refractivity contribution in [2.24, 2.45) is 0 Å². The highest BCUT2D eigenvalue weighted by molar-refractivity contribution is 5.92. The minimum Gasteiger partial charge on any atom is -0.368 e. The lowest BCUT2D eigenvalue weighted by atomic mass is 10.0. The molecule has 1 aromatic carbocycles. The van der Waals surface area contributed by atoms with Gasteiger partial charge in [0.25, 0.3) is 11.5 Å². The van der Waals surface area contributed by atoms with Crippen LogP contribution in [-0.2, 0) is 0 Å². The Kier molecular flexibility index (Phi) is 6.03. The van der Waals surface area contributed by atoms with Gasteiger partial charge in [0, 0.05) is 44.3 Å². The van der Waals surface area contributed by atoms with Gasteiger partial charge in [0.05, 0.1) is 11.1 Å². The van der Waals surface area contributed by atoms with Crippen LogP contribution in [-0.4, -0.2) is 60.0 Å². The second-order valence-electron chi connectivity index (χ2n) is 9.04. The molecule has 0 spiro atoms. The van der Waals surface area contributed by atoms with Crippen LogP contribution in [0.3, 0.4) is 0 Å². The first-order valence-corrected chi connectivity index (χ1v) is 11.6. The molecule has 2 aromatic heterocycles. The number of nitrogens with zero attached hydrogens (tertiary/aromatic N) is 3. The molecule has 1 amide bonds. The van der Waals surface area contributed by atoms with E-state index in [1.807, 2.05) is 11.0 Å². The minimum atomic E-state index is -0.627. The lowest BCUT2D eigenvalue weighted by Crippen LogP contribution is -2.44. The monoisotopic (exact) mass is 467 g/mol. The molecule has 4 heterocycles. The molecule has 2 N–H and O–H groups in total. The molecular weight excluding hydrogens is 440 g/mol. The summed E-state index contributed by atoms with van der Waals surface area (Å²) in [5, 5.41) is 3.19. The Morgan fingerprint density at radius 2 is 1.91 bits per heavy atom. The molecule has 2 saturated heterocycles. The molecule has 9 heteroatoms. The normalized spacial score (nSPS) is 19.6. The average Bonchev–Trinajstić information content (AvgIpc) is 3.34. The number of halogens is 2. The fourth-order valence-electron chi connectivity index (χ4n) is 5.28. The Bertz CT molecular complexity index is 1290. The third-order valence-corrected chi connectivity index (χ3v) is 7.11. The molecular formula is C25H27F2N5O2. The van der Waals surface area contributed by atoms with Crippen LogP contribution in [0.15, 0.2) is 41.2 Å². The van der Waals surface area contributed by atoms with Crippen LogP contribution in [0.1, 0.15) is 41.4 Å². The van der Waals surface area contributed by atoms with Crippen molar-refractivity contribution in [3.63, 3.8) is 0 Å². The zero-order valence-electron chi connectivity index (χ0n) is 19.0. The number of fused-ring (bicyclic) bond motifs is 1. The van der Waals surface area contributed by atoms with Crippen molar-refractivity contribution in [3.8, 4) is 0 Å². The van der Waals surface area contributed by atoms with Crippen molar-refractivity contribution < 1.29 is 13.6 Å². The largest absolute Gasteiger partial charge is 0.368 e. The van der Waals surface area contributed by atoms with E-state index >= 15 is 0 Å². The summed E-state index contributed by atoms with van der Waals surface area (Å²) >= 11 is 0. The van der Waals surface area contributed by atoms with E-state index in [0.717, 1.165) is 38.0 Å². The highest BCUT2D eigenvalue weighted by Crippen LogP contribution is 2.32. The number of aromatic nitrogens is 2. The standard InChI is InChI=1S/C25H27F2N5O2/c1-28-24(33)19-5-6-21(23(27)29-19)31-11-8-17(9-12-31)32-10-7-16(14-32)20-13-15-3-2-4-18(26)22(15)25(34)30-20/h2-6,13,16-17H,7-12,14H2,1H3,(H,28,33)(H,30,34). The number of benzene rings is 1. The van der Waals surface area contributed by atoms with Crippen molar-refractivity contribution in [3.05, 3.63) is 69.9 Å². The van der Waals surface area contributed by atoms with Gasteiger partial charge < -0.3 is 15.2 Å². The van der Waals surface area contributed by atoms with Gasteiger partial charge in [0.2, 0.25) is 5.95 Å². The second-order valence-corrected chi connectivity index (χ2v) is 9.04. The lowest BCUT2D eigenvalue weighted by molar-refractivity contribution is 0.0957. The van der Waals surface area contributed by atoms with Crippen LogP contribution in [0.5, 0.6) is 0 Å². The minimum absolute atomic E-state index is 0.0659. The summed E-state index contributed by atoms with van der Waals surface area (Å²) in [6.07, 6.45) is 2.71. The van der Waals surface area contributed by atoms with Crippen molar-refractivity contribution >= 4 is 22.4 Å². The van der Waals surface area contributed by atoms with E-state index in [-0.39, 0.29) is 22.6 Å². The van der Waals surface area contributed by atoms with Crippen LogP contribution < -0.4 is 15.8 Å². The van der Waals surface area contributed by atoms with Gasteiger partial charge in [0.1, 0.15) is 11.5 Å². The summed E-state index contributed by atoms with van der Waals surface area (Å²) in [5.74, 6) is -1.35. The molecule has 34 heavy (non-hydrogen) atoms. The number of piperidine rings is 1. The Balaban J connectivity index is 1.23. The molecule has 1 unspecified atom stereocenters. The predicted octanol–water partition coefficient (Wildman–Crippen LogP) is 3.02. The number of rotatable bonds is 4. The van der Waals surface area contributed by atoms with Crippen molar-refractivity contribution in [1.82, 2.24) is 20.2 Å². The van der Waals surface area contributed by atoms with Crippen molar-refractivity contribution in [1.29, 1.82) is 0 Å². The fourth-order valence-corrected chi connectivity index (χ4v) is 5.28. The molecule has 0 bridgehead atoms. The van der Waals surface area contributed by atoms with Gasteiger partial charge in [-0.1, -0.05) is 12.1 Å². The van der Waals surface area contributed by atoms with E-state index in [4.69, 9.17) is 0 Å². The first-order chi connectivity index (χ1) is 16.4. The first-order valence-electron chi connectivity index (χ1n) is 11.6. The number of nitrogens with one attached hydrogen (secondary N) is 2. The van der Waals surface area contributed by atoms with Gasteiger partial charge in [-0.15, -0.1) is 0 Å². The van der Waals surface area contributed by atoms with E-state index in [1.165, 1.54) is 13.1 Å². The van der Waals surface area contributed by atoms with E-state index < -0.39 is 17.7 Å². The molecule has 178 valence electrons. The van der Waals surface area contributed by atoms with Crippen LogP contribution in [0.4, 0.5) is 14.5 Å². The summed E-state index contributed by atoms with van der Waals surface area (Å²) in [6, 6.07) is 10.2. The Morgan fingerprint density at radius 3 is 2.65 bits per heavy atom. The van der Waals surface area contributed by atoms with Gasteiger partial charge in [0.15, 0.2) is 0 Å². The maximum Gasteiger partial charge on any atom is 0.269 e. The molecule has 0 saturated carbocycles. The van der Waals surface area contributed by atoms with Crippen LogP contribution in [0.25, 0.3) is 10.8 Å². The number of amides is 1. The number of H-pyrrole nitrogens is 1. The van der Waals surface area contributed by atoms with Crippen molar-refractivity contribution in [2.45, 2.75) is 31.2 Å². The van der Waals surface area contributed by atoms with Crippen LogP contribution in [0, 0.1) is 11.8 Å². The predicted molar refractivity (Wildman–Crippen MR) is 126 cm³/mol. The third-order valence-electron chi connectivity index (χ3n) is 7.11. The van der Waals surface area contributed by atoms with Crippen molar-refractivity contribution in [2.75, 3.05) is 38.1 Å². The summed E-state index contributed by atoms with van der Waals surface area (Å²) in [4.78, 5) is 35.3. The molecule has 1 atom stereocenters. The third kappa shape index (κ3) is 4.16. The number of hydrogen-bond donors (Lipinski definition) is 2. The zero-order chi connectivity index (χ0) is 23.8. The van der Waals surface area contributed by atoms with E-state index in [0.29, 0.717) is 30.2 Å². The molecule has 3 aromatic rings. The average molecular weight is 468 g/mol. The zero-order valence-corrected chi connectivity index (χ0v) is 19.0. The number of aromatic amines is 1. The molecule has 5 rings (SSSR count). The number of pyridine rings is 2. The second kappa shape index (κ2) is 9.13. The van der Waals surface area contributed by atoms with Crippen LogP contribution in [0.2, 0.25) is 0 Å². The quantitative estimate of drug-likeness (QED) is 0.577. The highest BCUT2D eigenvalue weighted by atomic mass is 19.1. The van der Waals surface area contributed by atoms with Crippen LogP contribution >= 0.6 is 0 Å². The Hall–Kier alpha value is -3.33. The Labute approximate surface area is 195 Å². The van der Waals surface area contributed by atoms with Gasteiger partial charge in [-0.25, -0.2) is 9.37 Å². The Morgan fingerprint density at radius 1 is 1.12 bits per heavy atom. The number of carbonyl (C=O) groups is 1. The number of carbonyl (C=O) groups excluding carboxylic acids is 1. The molecule has 0 aliphatic carbocycles. The number of hydrogen-bond acceptors (Lipinski definition) is 5. The molecule has 0 radical (unpaired) electrons. The summed E-state index contributed by atoms with van der Waals surface area (Å²) in [6.45, 7) is 3.17. The SMILES string of the molecule is CNC(=O)c1ccc(N2CCC(N3CCC(c4cc5cccc(F)c5c(=O)[nH]4)C3)CC2)c(F)n1. The smallest absolute Gasteiger partial charge is 0.269 e. The topological polar surface area (TPSA) is 81.3 Å². The van der Waals surface area contributed by atoms with Gasteiger partial charge >= 0.3 is 0 Å². The summed E-state index contributed by atoms with van der Waals surface area (Å²) in [7, 11) is 1.49. The van der Waals surface area contributed by atoms with E-state index in [2.05, 4.69) is 20.2 Å². The molecule has 2 aliphatic rings. The number of anilines is 1. The van der Waals surface area contributed by atoms with E-state index in [9.17, 15) is 18.4 Å². The molecule has 2 fully saturated rings. The molecule has 7 nitrogen and oxygen atoms in total.